The molecule has 0 N–H and O–H groups in total. The molecular formula is C9H3FN4. The average molecular weight is 186 g/mol. The van der Waals surface area contributed by atoms with Gasteiger partial charge in [0.15, 0.2) is 5.92 Å². The Labute approximate surface area is 80.0 Å². The summed E-state index contributed by atoms with van der Waals surface area (Å²) in [5.74, 6) is -2.17. The van der Waals surface area contributed by atoms with Crippen molar-refractivity contribution in [1.29, 1.82) is 21.0 Å². The Hall–Kier alpha value is -2.63. The lowest BCUT2D eigenvalue weighted by atomic mass is 10.1. The number of nitriles is 4. The number of rotatable bonds is 2. The van der Waals surface area contributed by atoms with Crippen molar-refractivity contribution < 1.29 is 4.39 Å². The van der Waals surface area contributed by atoms with Crippen LogP contribution >= 0.6 is 0 Å². The lowest BCUT2D eigenvalue weighted by Gasteiger charge is -1.88. The van der Waals surface area contributed by atoms with Crippen LogP contribution in [0.1, 0.15) is 0 Å². The zero-order valence-corrected chi connectivity index (χ0v) is 6.90. The summed E-state index contributed by atoms with van der Waals surface area (Å²) in [6.45, 7) is 0. The van der Waals surface area contributed by atoms with Gasteiger partial charge in [-0.05, 0) is 6.08 Å². The topological polar surface area (TPSA) is 95.2 Å². The Bertz CT molecular complexity index is 403. The molecule has 4 nitrogen and oxygen atoms in total. The normalized spacial score (nSPS) is 9.14. The highest BCUT2D eigenvalue weighted by atomic mass is 19.1. The molecule has 0 unspecified atom stereocenters. The lowest BCUT2D eigenvalue weighted by molar-refractivity contribution is 0.657. The lowest BCUT2D eigenvalue weighted by Crippen LogP contribution is -1.87. The first-order chi connectivity index (χ1) is 6.67. The van der Waals surface area contributed by atoms with E-state index >= 15 is 0 Å². The van der Waals surface area contributed by atoms with Crippen molar-refractivity contribution in [2.24, 2.45) is 5.92 Å². The summed E-state index contributed by atoms with van der Waals surface area (Å²) in [4.78, 5) is 0. The smallest absolute Gasteiger partial charge is 0.154 e. The number of halogens is 1. The van der Waals surface area contributed by atoms with Gasteiger partial charge < -0.3 is 0 Å². The van der Waals surface area contributed by atoms with Crippen molar-refractivity contribution in [3.63, 3.8) is 0 Å². The predicted molar refractivity (Wildman–Crippen MR) is 43.2 cm³/mol. The molecule has 0 aliphatic carbocycles. The number of hydrogen-bond acceptors (Lipinski definition) is 4. The highest BCUT2D eigenvalue weighted by Crippen LogP contribution is 2.07. The third-order valence-corrected chi connectivity index (χ3v) is 1.13. The van der Waals surface area contributed by atoms with Gasteiger partial charge in [-0.25, -0.2) is 4.39 Å². The molecule has 14 heavy (non-hydrogen) atoms. The molecule has 66 valence electrons. The van der Waals surface area contributed by atoms with Crippen LogP contribution in [0.2, 0.25) is 0 Å². The van der Waals surface area contributed by atoms with Crippen LogP contribution in [0.15, 0.2) is 23.6 Å². The molecule has 0 fully saturated rings. The summed E-state index contributed by atoms with van der Waals surface area (Å²) in [5.41, 5.74) is -0.423. The summed E-state index contributed by atoms with van der Waals surface area (Å²) in [6.07, 6.45) is 1.40. The van der Waals surface area contributed by atoms with Crippen molar-refractivity contribution in [1.82, 2.24) is 0 Å². The first-order valence-electron chi connectivity index (χ1n) is 3.36. The second-order valence-corrected chi connectivity index (χ2v) is 2.07. The zero-order chi connectivity index (χ0) is 11.0. The molecule has 0 rings (SSSR count). The Morgan fingerprint density at radius 3 is 1.93 bits per heavy atom. The Morgan fingerprint density at radius 2 is 1.57 bits per heavy atom. The van der Waals surface area contributed by atoms with Crippen LogP contribution in [-0.2, 0) is 0 Å². The molecule has 0 aromatic heterocycles. The van der Waals surface area contributed by atoms with Crippen molar-refractivity contribution in [2.75, 3.05) is 0 Å². The fraction of sp³-hybridized carbons (Fsp3) is 0.111. The molecule has 0 aromatic rings. The van der Waals surface area contributed by atoms with Crippen molar-refractivity contribution in [3.05, 3.63) is 23.6 Å². The van der Waals surface area contributed by atoms with E-state index in [4.69, 9.17) is 21.0 Å². The fourth-order valence-corrected chi connectivity index (χ4v) is 0.538. The minimum atomic E-state index is -1.22. The quantitative estimate of drug-likeness (QED) is 0.481. The van der Waals surface area contributed by atoms with Crippen molar-refractivity contribution >= 4 is 0 Å². The van der Waals surface area contributed by atoms with Gasteiger partial charge in [-0.2, -0.15) is 21.0 Å². The van der Waals surface area contributed by atoms with Crippen LogP contribution in [0.3, 0.4) is 0 Å². The first-order valence-corrected chi connectivity index (χ1v) is 3.36. The van der Waals surface area contributed by atoms with E-state index in [1.807, 2.05) is 0 Å². The van der Waals surface area contributed by atoms with E-state index in [1.165, 1.54) is 24.3 Å². The SMILES string of the molecule is N#CC(C#N)=C/C(F)=C/C(C#N)C#N. The number of nitrogens with zero attached hydrogens (tertiary/aromatic N) is 4. The van der Waals surface area contributed by atoms with Gasteiger partial charge >= 0.3 is 0 Å². The van der Waals surface area contributed by atoms with Gasteiger partial charge in [0, 0.05) is 6.08 Å². The minimum Gasteiger partial charge on any atom is -0.207 e. The van der Waals surface area contributed by atoms with E-state index in [-0.39, 0.29) is 0 Å². The maximum absolute atomic E-state index is 12.8. The highest BCUT2D eigenvalue weighted by Gasteiger charge is 2.03. The van der Waals surface area contributed by atoms with Crippen LogP contribution in [0, 0.1) is 51.2 Å². The largest absolute Gasteiger partial charge is 0.207 e. The van der Waals surface area contributed by atoms with Gasteiger partial charge in [0.05, 0.1) is 12.1 Å². The van der Waals surface area contributed by atoms with Gasteiger partial charge in [0.1, 0.15) is 23.5 Å². The molecule has 0 amide bonds. The molecule has 0 saturated heterocycles. The van der Waals surface area contributed by atoms with Crippen molar-refractivity contribution in [3.8, 4) is 24.3 Å². The standard InChI is InChI=1S/C9H3FN4/c10-9(1-7(3-11)4-12)2-8(5-13)6-14/h1-2,7H/b9-1-. The summed E-state index contributed by atoms with van der Waals surface area (Å²) in [5, 5.41) is 33.1. The number of allylic oxidation sites excluding steroid dienone is 4. The highest BCUT2D eigenvalue weighted by molar-refractivity contribution is 5.40. The number of hydrogen-bond donors (Lipinski definition) is 0. The molecule has 0 heterocycles. The molecule has 0 saturated carbocycles. The van der Waals surface area contributed by atoms with Gasteiger partial charge in [-0.3, -0.25) is 0 Å². The van der Waals surface area contributed by atoms with E-state index < -0.39 is 17.3 Å². The molecule has 0 aliphatic rings. The van der Waals surface area contributed by atoms with Crippen LogP contribution in [-0.4, -0.2) is 0 Å². The van der Waals surface area contributed by atoms with Gasteiger partial charge in [-0.15, -0.1) is 0 Å². The summed E-state index contributed by atoms with van der Waals surface area (Å²) in [6, 6.07) is 5.93. The maximum atomic E-state index is 12.8. The molecule has 0 spiro atoms. The minimum absolute atomic E-state index is 0.423. The van der Waals surface area contributed by atoms with E-state index in [2.05, 4.69) is 0 Å². The molecule has 0 radical (unpaired) electrons. The second-order valence-electron chi connectivity index (χ2n) is 2.07. The summed E-state index contributed by atoms with van der Waals surface area (Å²) >= 11 is 0. The van der Waals surface area contributed by atoms with E-state index in [1.54, 1.807) is 0 Å². The molecule has 0 bridgehead atoms. The van der Waals surface area contributed by atoms with Crippen LogP contribution < -0.4 is 0 Å². The average Bonchev–Trinajstić information content (AvgIpc) is 2.22. The Balaban J connectivity index is 4.87. The van der Waals surface area contributed by atoms with Crippen LogP contribution in [0.5, 0.6) is 0 Å². The summed E-state index contributed by atoms with van der Waals surface area (Å²) in [7, 11) is 0. The summed E-state index contributed by atoms with van der Waals surface area (Å²) < 4.78 is 12.8. The third-order valence-electron chi connectivity index (χ3n) is 1.13. The van der Waals surface area contributed by atoms with Gasteiger partial charge in [-0.1, -0.05) is 0 Å². The van der Waals surface area contributed by atoms with E-state index in [0.717, 1.165) is 6.08 Å². The zero-order valence-electron chi connectivity index (χ0n) is 6.90. The third kappa shape index (κ3) is 3.67. The maximum Gasteiger partial charge on any atom is 0.154 e. The molecule has 5 heteroatoms. The van der Waals surface area contributed by atoms with E-state index in [0.29, 0.717) is 6.08 Å². The van der Waals surface area contributed by atoms with Crippen LogP contribution in [0.25, 0.3) is 0 Å². The van der Waals surface area contributed by atoms with Crippen LogP contribution in [0.4, 0.5) is 4.39 Å². The predicted octanol–water partition coefficient (Wildman–Crippen LogP) is 1.48. The second kappa shape index (κ2) is 5.95. The van der Waals surface area contributed by atoms with Gasteiger partial charge in [0.2, 0.25) is 0 Å². The molecule has 0 aromatic carbocycles. The first kappa shape index (κ1) is 11.4. The fourth-order valence-electron chi connectivity index (χ4n) is 0.538. The molecule has 0 aliphatic heterocycles. The Kier molecular flexibility index (Phi) is 4.83. The van der Waals surface area contributed by atoms with Crippen molar-refractivity contribution in [2.45, 2.75) is 0 Å². The monoisotopic (exact) mass is 186 g/mol. The van der Waals surface area contributed by atoms with Gasteiger partial charge in [0.25, 0.3) is 0 Å². The Morgan fingerprint density at radius 1 is 1.07 bits per heavy atom. The van der Waals surface area contributed by atoms with E-state index in [9.17, 15) is 4.39 Å². The molecular weight excluding hydrogens is 183 g/mol. The molecule has 0 atom stereocenters.